The molecule has 0 bridgehead atoms. The zero-order valence-electron chi connectivity index (χ0n) is 10.5. The zero-order valence-corrected chi connectivity index (χ0v) is 12.0. The van der Waals surface area contributed by atoms with E-state index in [0.717, 1.165) is 25.2 Å². The van der Waals surface area contributed by atoms with Gasteiger partial charge in [-0.25, -0.2) is 0 Å². The number of rotatable bonds is 3. The summed E-state index contributed by atoms with van der Waals surface area (Å²) in [4.78, 5) is 15.3. The van der Waals surface area contributed by atoms with Crippen LogP contribution in [-0.2, 0) is 11.3 Å². The van der Waals surface area contributed by atoms with Gasteiger partial charge in [0.2, 0.25) is 5.91 Å². The van der Waals surface area contributed by atoms with Gasteiger partial charge in [-0.05, 0) is 17.7 Å². The maximum Gasteiger partial charge on any atom is 0.248 e. The first kappa shape index (κ1) is 14.6. The van der Waals surface area contributed by atoms with Crippen molar-refractivity contribution in [1.82, 2.24) is 9.80 Å². The minimum absolute atomic E-state index is 0.200. The summed E-state index contributed by atoms with van der Waals surface area (Å²) in [5, 5.41) is 9.93. The molecule has 1 aromatic carbocycles. The molecule has 2 rings (SSSR count). The molecule has 4 nitrogen and oxygen atoms in total. The van der Waals surface area contributed by atoms with Gasteiger partial charge in [-0.3, -0.25) is 9.69 Å². The first-order valence-corrected chi connectivity index (χ1v) is 6.90. The first-order chi connectivity index (χ1) is 9.10. The van der Waals surface area contributed by atoms with Crippen LogP contribution in [0, 0.1) is 0 Å². The van der Waals surface area contributed by atoms with Crippen LogP contribution in [0.4, 0.5) is 0 Å². The molecule has 0 spiro atoms. The maximum atomic E-state index is 11.3. The lowest BCUT2D eigenvalue weighted by atomic mass is 10.2. The minimum atomic E-state index is -0.410. The Bertz CT molecular complexity index is 460. The molecule has 1 aromatic rings. The zero-order chi connectivity index (χ0) is 13.8. The minimum Gasteiger partial charge on any atom is -0.387 e. The third kappa shape index (κ3) is 3.83. The Morgan fingerprint density at radius 3 is 2.42 bits per heavy atom. The lowest BCUT2D eigenvalue weighted by molar-refractivity contribution is -0.135. The van der Waals surface area contributed by atoms with Crippen LogP contribution >= 0.6 is 23.2 Å². The number of aliphatic hydroxyl groups is 1. The molecule has 6 heteroatoms. The molecule has 0 aromatic heterocycles. The van der Waals surface area contributed by atoms with Gasteiger partial charge in [0.1, 0.15) is 6.61 Å². The summed E-state index contributed by atoms with van der Waals surface area (Å²) >= 11 is 11.9. The number of hydrogen-bond acceptors (Lipinski definition) is 3. The summed E-state index contributed by atoms with van der Waals surface area (Å²) in [6, 6.07) is 5.62. The van der Waals surface area contributed by atoms with E-state index in [-0.39, 0.29) is 5.91 Å². The largest absolute Gasteiger partial charge is 0.387 e. The van der Waals surface area contributed by atoms with Gasteiger partial charge in [-0.2, -0.15) is 0 Å². The Morgan fingerprint density at radius 2 is 1.84 bits per heavy atom. The van der Waals surface area contributed by atoms with Gasteiger partial charge >= 0.3 is 0 Å². The molecule has 1 aliphatic rings. The van der Waals surface area contributed by atoms with Crippen LogP contribution < -0.4 is 0 Å². The number of piperazine rings is 1. The molecule has 19 heavy (non-hydrogen) atoms. The Morgan fingerprint density at radius 1 is 1.16 bits per heavy atom. The second-order valence-electron chi connectivity index (χ2n) is 4.56. The van der Waals surface area contributed by atoms with E-state index in [1.165, 1.54) is 0 Å². The van der Waals surface area contributed by atoms with Crippen molar-refractivity contribution in [1.29, 1.82) is 0 Å². The number of benzene rings is 1. The van der Waals surface area contributed by atoms with Crippen LogP contribution in [0.5, 0.6) is 0 Å². The molecule has 1 fully saturated rings. The molecule has 1 heterocycles. The van der Waals surface area contributed by atoms with Crippen molar-refractivity contribution in [2.75, 3.05) is 32.8 Å². The predicted octanol–water partition coefficient (Wildman–Crippen LogP) is 1.63. The Hall–Kier alpha value is -0.810. The number of nitrogens with zero attached hydrogens (tertiary/aromatic N) is 2. The molecular weight excluding hydrogens is 287 g/mol. The van der Waals surface area contributed by atoms with E-state index in [1.54, 1.807) is 11.0 Å². The highest BCUT2D eigenvalue weighted by Gasteiger charge is 2.20. The topological polar surface area (TPSA) is 43.8 Å². The molecule has 1 amide bonds. The Balaban J connectivity index is 1.88. The van der Waals surface area contributed by atoms with E-state index in [9.17, 15) is 4.79 Å². The van der Waals surface area contributed by atoms with E-state index in [2.05, 4.69) is 4.90 Å². The highest BCUT2D eigenvalue weighted by molar-refractivity contribution is 6.42. The Kier molecular flexibility index (Phi) is 5.05. The summed E-state index contributed by atoms with van der Waals surface area (Å²) in [5.41, 5.74) is 1.11. The summed E-state index contributed by atoms with van der Waals surface area (Å²) in [6.45, 7) is 3.28. The molecule has 1 aliphatic heterocycles. The smallest absolute Gasteiger partial charge is 0.248 e. The standard InChI is InChI=1S/C13H16Cl2N2O2/c14-11-2-1-10(7-12(11)15)8-16-3-5-17(6-4-16)13(19)9-18/h1-2,7,18H,3-6,8-9H2. The SMILES string of the molecule is O=C(CO)N1CCN(Cc2ccc(Cl)c(Cl)c2)CC1. The van der Waals surface area contributed by atoms with Gasteiger partial charge in [-0.1, -0.05) is 29.3 Å². The van der Waals surface area contributed by atoms with E-state index in [4.69, 9.17) is 28.3 Å². The van der Waals surface area contributed by atoms with Gasteiger partial charge in [0.05, 0.1) is 10.0 Å². The molecular formula is C13H16Cl2N2O2. The van der Waals surface area contributed by atoms with E-state index < -0.39 is 6.61 Å². The summed E-state index contributed by atoms with van der Waals surface area (Å²) in [6.07, 6.45) is 0. The fourth-order valence-corrected chi connectivity index (χ4v) is 2.47. The fraction of sp³-hybridized carbons (Fsp3) is 0.462. The lowest BCUT2D eigenvalue weighted by Gasteiger charge is -2.34. The summed E-state index contributed by atoms with van der Waals surface area (Å²) in [7, 11) is 0. The third-order valence-electron chi connectivity index (χ3n) is 3.25. The lowest BCUT2D eigenvalue weighted by Crippen LogP contribution is -2.49. The third-order valence-corrected chi connectivity index (χ3v) is 3.99. The molecule has 104 valence electrons. The second kappa shape index (κ2) is 6.57. The normalized spacial score (nSPS) is 16.7. The molecule has 0 atom stereocenters. The molecule has 0 aliphatic carbocycles. The highest BCUT2D eigenvalue weighted by Crippen LogP contribution is 2.23. The van der Waals surface area contributed by atoms with Gasteiger partial charge in [0.15, 0.2) is 0 Å². The first-order valence-electron chi connectivity index (χ1n) is 6.15. The van der Waals surface area contributed by atoms with E-state index in [0.29, 0.717) is 23.1 Å². The Labute approximate surface area is 122 Å². The average molecular weight is 303 g/mol. The van der Waals surface area contributed by atoms with Crippen LogP contribution in [0.3, 0.4) is 0 Å². The van der Waals surface area contributed by atoms with Gasteiger partial charge < -0.3 is 10.0 Å². The number of amides is 1. The molecule has 1 N–H and O–H groups in total. The van der Waals surface area contributed by atoms with Gasteiger partial charge in [0, 0.05) is 32.7 Å². The molecule has 1 saturated heterocycles. The molecule has 0 saturated carbocycles. The van der Waals surface area contributed by atoms with Crippen LogP contribution in [0.15, 0.2) is 18.2 Å². The van der Waals surface area contributed by atoms with Crippen molar-refractivity contribution in [3.05, 3.63) is 33.8 Å². The van der Waals surface area contributed by atoms with Crippen molar-refractivity contribution in [2.24, 2.45) is 0 Å². The van der Waals surface area contributed by atoms with Gasteiger partial charge in [-0.15, -0.1) is 0 Å². The van der Waals surface area contributed by atoms with Gasteiger partial charge in [0.25, 0.3) is 0 Å². The van der Waals surface area contributed by atoms with E-state index >= 15 is 0 Å². The average Bonchev–Trinajstić information content (AvgIpc) is 2.43. The van der Waals surface area contributed by atoms with Crippen LogP contribution in [0.2, 0.25) is 10.0 Å². The number of halogens is 2. The predicted molar refractivity (Wildman–Crippen MR) is 75.4 cm³/mol. The highest BCUT2D eigenvalue weighted by atomic mass is 35.5. The van der Waals surface area contributed by atoms with Crippen molar-refractivity contribution in [2.45, 2.75) is 6.54 Å². The second-order valence-corrected chi connectivity index (χ2v) is 5.38. The quantitative estimate of drug-likeness (QED) is 0.923. The number of aliphatic hydroxyl groups excluding tert-OH is 1. The van der Waals surface area contributed by atoms with Crippen LogP contribution in [0.25, 0.3) is 0 Å². The van der Waals surface area contributed by atoms with Crippen molar-refractivity contribution < 1.29 is 9.90 Å². The summed E-state index contributed by atoms with van der Waals surface area (Å²) < 4.78 is 0. The van der Waals surface area contributed by atoms with Crippen molar-refractivity contribution in [3.63, 3.8) is 0 Å². The molecule has 0 unspecified atom stereocenters. The van der Waals surface area contributed by atoms with Crippen molar-refractivity contribution in [3.8, 4) is 0 Å². The van der Waals surface area contributed by atoms with Crippen LogP contribution in [0.1, 0.15) is 5.56 Å². The van der Waals surface area contributed by atoms with Crippen molar-refractivity contribution >= 4 is 29.1 Å². The summed E-state index contributed by atoms with van der Waals surface area (Å²) in [5.74, 6) is -0.200. The molecule has 0 radical (unpaired) electrons. The number of carbonyl (C=O) groups excluding carboxylic acids is 1. The van der Waals surface area contributed by atoms with Crippen LogP contribution in [-0.4, -0.2) is 53.6 Å². The number of carbonyl (C=O) groups is 1. The van der Waals surface area contributed by atoms with E-state index in [1.807, 2.05) is 12.1 Å². The monoisotopic (exact) mass is 302 g/mol. The fourth-order valence-electron chi connectivity index (χ4n) is 2.15. The number of hydrogen-bond donors (Lipinski definition) is 1. The maximum absolute atomic E-state index is 11.3.